The average Bonchev–Trinajstić information content (AvgIpc) is 2.65. The fraction of sp³-hybridized carbons (Fsp3) is 0.235. The Balaban J connectivity index is 2.11. The van der Waals surface area contributed by atoms with Crippen molar-refractivity contribution in [2.75, 3.05) is 16.2 Å². The second kappa shape index (κ2) is 7.65. The summed E-state index contributed by atoms with van der Waals surface area (Å²) in [5.74, 6) is -0.950. The summed E-state index contributed by atoms with van der Waals surface area (Å²) in [6, 6.07) is 4.61. The van der Waals surface area contributed by atoms with E-state index in [-0.39, 0.29) is 22.0 Å². The third kappa shape index (κ3) is 4.26. The summed E-state index contributed by atoms with van der Waals surface area (Å²) in [5, 5.41) is 10.9. The van der Waals surface area contributed by atoms with Crippen LogP contribution < -0.4 is 20.1 Å². The molecule has 1 amide bonds. The molecule has 8 nitrogen and oxygen atoms in total. The number of nitrogens with one attached hydrogen (secondary N) is 1. The highest BCUT2D eigenvalue weighted by molar-refractivity contribution is 7.92. The lowest BCUT2D eigenvalue weighted by Gasteiger charge is -2.38. The molecule has 1 aliphatic rings. The van der Waals surface area contributed by atoms with Crippen LogP contribution in [0.5, 0.6) is 5.75 Å². The maximum atomic E-state index is 13.2. The first-order chi connectivity index (χ1) is 13.9. The second-order valence-electron chi connectivity index (χ2n) is 6.33. The summed E-state index contributed by atoms with van der Waals surface area (Å²) in [5.41, 5.74) is 4.99. The maximum Gasteiger partial charge on any atom is 0.409 e. The lowest BCUT2D eigenvalue weighted by atomic mass is 10.1. The molecule has 0 saturated heterocycles. The van der Waals surface area contributed by atoms with Gasteiger partial charge in [-0.1, -0.05) is 0 Å². The van der Waals surface area contributed by atoms with E-state index in [0.717, 1.165) is 36.4 Å². The molecule has 0 unspecified atom stereocenters. The molecule has 0 fully saturated rings. The molecular weight excluding hydrogens is 434 g/mol. The molecule has 0 bridgehead atoms. The van der Waals surface area contributed by atoms with Crippen molar-refractivity contribution < 1.29 is 40.6 Å². The van der Waals surface area contributed by atoms with Gasteiger partial charge in [0, 0.05) is 5.69 Å². The SMILES string of the molecule is N[C@@H]([C@H]1CN(S(=O)(=O)c2ccc(F)cc2)c2cc(NC(=O)O)ccc2O1)C(F)(F)F. The highest BCUT2D eigenvalue weighted by atomic mass is 32.2. The second-order valence-corrected chi connectivity index (χ2v) is 8.19. The Kier molecular flexibility index (Phi) is 5.52. The lowest BCUT2D eigenvalue weighted by molar-refractivity contribution is -0.164. The average molecular weight is 449 g/mol. The molecule has 13 heteroatoms. The Bertz CT molecular complexity index is 1060. The van der Waals surface area contributed by atoms with Crippen LogP contribution >= 0.6 is 0 Å². The Morgan fingerprint density at radius 3 is 2.43 bits per heavy atom. The van der Waals surface area contributed by atoms with Gasteiger partial charge in [0.1, 0.15) is 23.7 Å². The van der Waals surface area contributed by atoms with Crippen molar-refractivity contribution in [1.29, 1.82) is 0 Å². The third-order valence-electron chi connectivity index (χ3n) is 4.28. The van der Waals surface area contributed by atoms with Gasteiger partial charge in [-0.2, -0.15) is 13.2 Å². The summed E-state index contributed by atoms with van der Waals surface area (Å²) >= 11 is 0. The van der Waals surface area contributed by atoms with Crippen molar-refractivity contribution in [3.8, 4) is 5.75 Å². The van der Waals surface area contributed by atoms with E-state index in [4.69, 9.17) is 15.6 Å². The Labute approximate surface area is 167 Å². The number of amides is 1. The Morgan fingerprint density at radius 1 is 1.23 bits per heavy atom. The van der Waals surface area contributed by atoms with E-state index < -0.39 is 46.8 Å². The highest BCUT2D eigenvalue weighted by Gasteiger charge is 2.47. The van der Waals surface area contributed by atoms with Gasteiger partial charge in [0.2, 0.25) is 0 Å². The molecule has 2 atom stereocenters. The Morgan fingerprint density at radius 2 is 1.87 bits per heavy atom. The van der Waals surface area contributed by atoms with Crippen LogP contribution in [0.4, 0.5) is 33.7 Å². The topological polar surface area (TPSA) is 122 Å². The number of sulfonamides is 1. The smallest absolute Gasteiger partial charge is 0.409 e. The van der Waals surface area contributed by atoms with Crippen LogP contribution in [0.25, 0.3) is 0 Å². The number of hydrogen-bond donors (Lipinski definition) is 3. The van der Waals surface area contributed by atoms with Crippen LogP contribution in [0.15, 0.2) is 47.4 Å². The summed E-state index contributed by atoms with van der Waals surface area (Å²) < 4.78 is 84.7. The van der Waals surface area contributed by atoms with Gasteiger partial charge in [0.25, 0.3) is 10.0 Å². The number of fused-ring (bicyclic) bond motifs is 1. The van der Waals surface area contributed by atoms with Crippen LogP contribution in [0.1, 0.15) is 0 Å². The predicted octanol–water partition coefficient (Wildman–Crippen LogP) is 2.76. The zero-order valence-corrected chi connectivity index (χ0v) is 15.7. The summed E-state index contributed by atoms with van der Waals surface area (Å²) in [7, 11) is -4.46. The van der Waals surface area contributed by atoms with Crippen molar-refractivity contribution in [2.45, 2.75) is 23.2 Å². The largest absolute Gasteiger partial charge is 0.484 e. The first kappa shape index (κ1) is 21.6. The van der Waals surface area contributed by atoms with E-state index in [1.165, 1.54) is 6.07 Å². The number of ether oxygens (including phenoxy) is 1. The van der Waals surface area contributed by atoms with E-state index in [1.807, 2.05) is 5.32 Å². The number of alkyl halides is 3. The fourth-order valence-corrected chi connectivity index (χ4v) is 4.31. The van der Waals surface area contributed by atoms with E-state index in [1.54, 1.807) is 0 Å². The van der Waals surface area contributed by atoms with E-state index in [2.05, 4.69) is 0 Å². The van der Waals surface area contributed by atoms with Crippen LogP contribution in [-0.4, -0.2) is 44.5 Å². The molecule has 4 N–H and O–H groups in total. The zero-order chi connectivity index (χ0) is 22.3. The number of hydrogen-bond acceptors (Lipinski definition) is 5. The summed E-state index contributed by atoms with van der Waals surface area (Å²) in [4.78, 5) is 10.5. The molecule has 1 heterocycles. The van der Waals surface area contributed by atoms with Gasteiger partial charge >= 0.3 is 12.3 Å². The van der Waals surface area contributed by atoms with Gasteiger partial charge < -0.3 is 15.6 Å². The molecule has 0 aliphatic carbocycles. The van der Waals surface area contributed by atoms with Crippen molar-refractivity contribution in [3.63, 3.8) is 0 Å². The maximum absolute atomic E-state index is 13.2. The molecule has 0 saturated carbocycles. The van der Waals surface area contributed by atoms with Crippen LogP contribution in [-0.2, 0) is 10.0 Å². The molecular formula is C17H15F4N3O5S. The lowest BCUT2D eigenvalue weighted by Crippen LogP contribution is -2.56. The highest BCUT2D eigenvalue weighted by Crippen LogP contribution is 2.40. The minimum absolute atomic E-state index is 0.0391. The third-order valence-corrected chi connectivity index (χ3v) is 6.08. The van der Waals surface area contributed by atoms with Gasteiger partial charge in [-0.05, 0) is 42.5 Å². The molecule has 3 rings (SSSR count). The molecule has 0 aromatic heterocycles. The number of anilines is 2. The van der Waals surface area contributed by atoms with E-state index in [9.17, 15) is 30.8 Å². The molecule has 2 aromatic rings. The van der Waals surface area contributed by atoms with E-state index >= 15 is 0 Å². The Hall–Kier alpha value is -3.06. The zero-order valence-electron chi connectivity index (χ0n) is 14.9. The van der Waals surface area contributed by atoms with Crippen LogP contribution in [0.3, 0.4) is 0 Å². The van der Waals surface area contributed by atoms with Gasteiger partial charge in [-0.15, -0.1) is 0 Å². The minimum Gasteiger partial charge on any atom is -0.484 e. The standard InChI is InChI=1S/C17H15F4N3O5S/c18-9-1-4-11(5-2-9)30(27,28)24-8-14(15(22)17(19,20)21)29-13-6-3-10(7-12(13)24)23-16(25)26/h1-7,14-15,23H,8,22H2,(H,25,26)/t14-,15+/m1/s1. The normalized spacial score (nSPS) is 17.6. The quantitative estimate of drug-likeness (QED) is 0.617. The number of nitrogens with two attached hydrogens (primary N) is 1. The summed E-state index contributed by atoms with van der Waals surface area (Å²) in [6.45, 7) is -0.802. The van der Waals surface area contributed by atoms with Crippen molar-refractivity contribution in [2.24, 2.45) is 5.73 Å². The predicted molar refractivity (Wildman–Crippen MR) is 97.5 cm³/mol. The number of rotatable bonds is 4. The fourth-order valence-electron chi connectivity index (χ4n) is 2.83. The minimum atomic E-state index is -4.86. The molecule has 0 spiro atoms. The molecule has 2 aromatic carbocycles. The van der Waals surface area contributed by atoms with Gasteiger partial charge in [0.05, 0.1) is 17.1 Å². The number of halogens is 4. The van der Waals surface area contributed by atoms with Crippen molar-refractivity contribution in [3.05, 3.63) is 48.3 Å². The summed E-state index contributed by atoms with van der Waals surface area (Å²) in [6.07, 6.45) is -8.07. The van der Waals surface area contributed by atoms with Crippen molar-refractivity contribution in [1.82, 2.24) is 0 Å². The number of carboxylic acid groups (broad SMARTS) is 1. The number of carbonyl (C=O) groups is 1. The van der Waals surface area contributed by atoms with Gasteiger partial charge in [-0.3, -0.25) is 9.62 Å². The first-order valence-corrected chi connectivity index (χ1v) is 9.75. The van der Waals surface area contributed by atoms with Crippen LogP contribution in [0.2, 0.25) is 0 Å². The molecule has 1 aliphatic heterocycles. The number of benzene rings is 2. The molecule has 0 radical (unpaired) electrons. The van der Waals surface area contributed by atoms with Gasteiger partial charge in [0.15, 0.2) is 0 Å². The monoisotopic (exact) mass is 449 g/mol. The molecule has 162 valence electrons. The number of nitrogens with zero attached hydrogens (tertiary/aromatic N) is 1. The van der Waals surface area contributed by atoms with Gasteiger partial charge in [-0.25, -0.2) is 17.6 Å². The van der Waals surface area contributed by atoms with Crippen LogP contribution in [0, 0.1) is 5.82 Å². The first-order valence-electron chi connectivity index (χ1n) is 8.31. The van der Waals surface area contributed by atoms with Crippen molar-refractivity contribution >= 4 is 27.5 Å². The molecule has 30 heavy (non-hydrogen) atoms. The van der Waals surface area contributed by atoms with E-state index in [0.29, 0.717) is 4.31 Å².